The van der Waals surface area contributed by atoms with Crippen LogP contribution in [0.2, 0.25) is 0 Å². The minimum Gasteiger partial charge on any atom is -0.462 e. The van der Waals surface area contributed by atoms with Crippen LogP contribution >= 0.6 is 0 Å². The molecule has 0 bridgehead atoms. The van der Waals surface area contributed by atoms with Gasteiger partial charge in [-0.15, -0.1) is 0 Å². The van der Waals surface area contributed by atoms with E-state index in [0.29, 0.717) is 12.8 Å². The highest BCUT2D eigenvalue weighted by Gasteiger charge is 2.19. The summed E-state index contributed by atoms with van der Waals surface area (Å²) >= 11 is 0. The monoisotopic (exact) mass is 807 g/mol. The average Bonchev–Trinajstić information content (AvgIpc) is 3.22. The van der Waals surface area contributed by atoms with Gasteiger partial charge in [0.1, 0.15) is 13.2 Å². The second kappa shape index (κ2) is 46.3. The Morgan fingerprint density at radius 1 is 0.379 bits per heavy atom. The summed E-state index contributed by atoms with van der Waals surface area (Å²) in [6, 6.07) is 0. The summed E-state index contributed by atoms with van der Waals surface area (Å²) in [6.45, 7) is 6.25. The van der Waals surface area contributed by atoms with E-state index in [1.807, 2.05) is 6.08 Å². The maximum absolute atomic E-state index is 12.7. The molecule has 6 nitrogen and oxygen atoms in total. The van der Waals surface area contributed by atoms with E-state index in [-0.39, 0.29) is 38.0 Å². The fourth-order valence-corrected chi connectivity index (χ4v) is 6.16. The molecule has 0 fully saturated rings. The molecule has 0 saturated carbocycles. The Hall–Kier alpha value is -3.41. The van der Waals surface area contributed by atoms with E-state index >= 15 is 0 Å². The lowest BCUT2D eigenvalue weighted by Crippen LogP contribution is -2.30. The quantitative estimate of drug-likeness (QED) is 0.0265. The molecule has 0 amide bonds. The smallest absolute Gasteiger partial charge is 0.309 e. The number of esters is 3. The van der Waals surface area contributed by atoms with Crippen molar-refractivity contribution in [1.82, 2.24) is 0 Å². The van der Waals surface area contributed by atoms with Crippen molar-refractivity contribution in [3.05, 3.63) is 85.1 Å². The van der Waals surface area contributed by atoms with Crippen LogP contribution in [0.3, 0.4) is 0 Å². The Morgan fingerprint density at radius 2 is 0.741 bits per heavy atom. The zero-order valence-corrected chi connectivity index (χ0v) is 37.5. The summed E-state index contributed by atoms with van der Waals surface area (Å²) in [6.07, 6.45) is 59.0. The normalized spacial score (nSPS) is 12.8. The van der Waals surface area contributed by atoms with E-state index in [1.54, 1.807) is 6.08 Å². The first-order chi connectivity index (χ1) is 28.5. The van der Waals surface area contributed by atoms with Crippen molar-refractivity contribution in [2.75, 3.05) is 13.2 Å². The Morgan fingerprint density at radius 3 is 1.26 bits per heavy atom. The van der Waals surface area contributed by atoms with Gasteiger partial charge in [-0.25, -0.2) is 0 Å². The Bertz CT molecular complexity index is 1160. The van der Waals surface area contributed by atoms with Gasteiger partial charge in [-0.3, -0.25) is 14.4 Å². The predicted molar refractivity (Wildman–Crippen MR) is 247 cm³/mol. The van der Waals surface area contributed by atoms with Crippen molar-refractivity contribution in [1.29, 1.82) is 0 Å². The molecular formula is C52H86O6. The molecule has 1 atom stereocenters. The van der Waals surface area contributed by atoms with Gasteiger partial charge in [-0.2, -0.15) is 0 Å². The molecule has 6 heteroatoms. The highest BCUT2D eigenvalue weighted by Crippen LogP contribution is 2.13. The van der Waals surface area contributed by atoms with Crippen molar-refractivity contribution in [3.63, 3.8) is 0 Å². The van der Waals surface area contributed by atoms with Gasteiger partial charge in [-0.05, 0) is 89.9 Å². The van der Waals surface area contributed by atoms with Gasteiger partial charge in [0.25, 0.3) is 0 Å². The van der Waals surface area contributed by atoms with Crippen LogP contribution in [0, 0.1) is 0 Å². The van der Waals surface area contributed by atoms with Crippen LogP contribution in [0.1, 0.15) is 207 Å². The standard InChI is InChI=1S/C52H86O6/c1-4-7-10-13-16-19-21-23-24-25-26-27-28-29-31-33-36-39-42-45-51(54)57-48-49(47-56-50(53)44-41-38-35-32-18-15-12-9-6-3)58-52(55)46-43-40-37-34-30-22-20-17-14-11-8-5-2/h8-9,11-12,17-18,20,25-26,30,32,34,38,41,49H,4-7,10,13-16,19,21-24,27-29,31,33,35-37,39-40,42-48H2,1-3H3/b11-8-,12-9-,20-17-,26-25-,32-18-,34-30-,41-38-. The lowest BCUT2D eigenvalue weighted by atomic mass is 10.1. The van der Waals surface area contributed by atoms with Crippen molar-refractivity contribution in [2.45, 2.75) is 213 Å². The number of allylic oxidation sites excluding steroid dienone is 13. The van der Waals surface area contributed by atoms with Crippen molar-refractivity contribution in [3.8, 4) is 0 Å². The molecule has 0 spiro atoms. The molecular weight excluding hydrogens is 721 g/mol. The van der Waals surface area contributed by atoms with Gasteiger partial charge in [0.15, 0.2) is 6.10 Å². The molecule has 58 heavy (non-hydrogen) atoms. The average molecular weight is 807 g/mol. The number of unbranched alkanes of at least 4 members (excludes halogenated alkanes) is 17. The molecule has 0 aliphatic heterocycles. The number of carbonyl (C=O) groups excluding carboxylic acids is 3. The first kappa shape index (κ1) is 54.6. The van der Waals surface area contributed by atoms with Gasteiger partial charge >= 0.3 is 17.9 Å². The summed E-state index contributed by atoms with van der Waals surface area (Å²) in [4.78, 5) is 37.6. The Balaban J connectivity index is 4.39. The van der Waals surface area contributed by atoms with Crippen molar-refractivity contribution >= 4 is 17.9 Å². The molecule has 0 aromatic rings. The van der Waals surface area contributed by atoms with Crippen LogP contribution in [0.5, 0.6) is 0 Å². The fourth-order valence-electron chi connectivity index (χ4n) is 6.16. The minimum atomic E-state index is -0.831. The molecule has 0 aromatic heterocycles. The molecule has 0 aliphatic rings. The summed E-state index contributed by atoms with van der Waals surface area (Å²) in [5.74, 6) is -1.10. The number of hydrogen-bond acceptors (Lipinski definition) is 6. The topological polar surface area (TPSA) is 78.9 Å². The summed E-state index contributed by atoms with van der Waals surface area (Å²) < 4.78 is 16.5. The van der Waals surface area contributed by atoms with E-state index in [4.69, 9.17) is 14.2 Å². The molecule has 0 aliphatic carbocycles. The van der Waals surface area contributed by atoms with Crippen molar-refractivity contribution in [2.24, 2.45) is 0 Å². The van der Waals surface area contributed by atoms with E-state index in [0.717, 1.165) is 70.6 Å². The molecule has 0 saturated heterocycles. The third-order valence-corrected chi connectivity index (χ3v) is 9.65. The lowest BCUT2D eigenvalue weighted by molar-refractivity contribution is -0.166. The first-order valence-corrected chi connectivity index (χ1v) is 23.6. The number of hydrogen-bond donors (Lipinski definition) is 0. The third kappa shape index (κ3) is 43.7. The number of carbonyl (C=O) groups is 3. The Kier molecular flexibility index (Phi) is 43.6. The van der Waals surface area contributed by atoms with Crippen LogP contribution in [-0.2, 0) is 28.6 Å². The van der Waals surface area contributed by atoms with Gasteiger partial charge in [0.05, 0.1) is 6.42 Å². The van der Waals surface area contributed by atoms with Gasteiger partial charge in [0.2, 0.25) is 0 Å². The molecule has 0 rings (SSSR count). The molecule has 0 radical (unpaired) electrons. The van der Waals surface area contributed by atoms with Crippen LogP contribution in [0.4, 0.5) is 0 Å². The van der Waals surface area contributed by atoms with Gasteiger partial charge in [-0.1, -0.05) is 183 Å². The van der Waals surface area contributed by atoms with E-state index in [2.05, 4.69) is 93.7 Å². The zero-order chi connectivity index (χ0) is 42.3. The largest absolute Gasteiger partial charge is 0.462 e. The second-order valence-electron chi connectivity index (χ2n) is 15.3. The fraction of sp³-hybridized carbons (Fsp3) is 0.673. The van der Waals surface area contributed by atoms with Crippen molar-refractivity contribution < 1.29 is 28.6 Å². The van der Waals surface area contributed by atoms with Gasteiger partial charge in [0, 0.05) is 12.8 Å². The van der Waals surface area contributed by atoms with E-state index in [9.17, 15) is 14.4 Å². The zero-order valence-electron chi connectivity index (χ0n) is 37.5. The summed E-state index contributed by atoms with van der Waals surface area (Å²) in [5, 5.41) is 0. The van der Waals surface area contributed by atoms with Gasteiger partial charge < -0.3 is 14.2 Å². The Labute approximate surface area is 356 Å². The highest BCUT2D eigenvalue weighted by molar-refractivity contribution is 5.72. The molecule has 330 valence electrons. The van der Waals surface area contributed by atoms with E-state index < -0.39 is 12.1 Å². The maximum atomic E-state index is 12.7. The molecule has 0 aromatic carbocycles. The highest BCUT2D eigenvalue weighted by atomic mass is 16.6. The first-order valence-electron chi connectivity index (χ1n) is 23.6. The molecule has 0 N–H and O–H groups in total. The predicted octanol–water partition coefficient (Wildman–Crippen LogP) is 15.3. The minimum absolute atomic E-state index is 0.122. The number of ether oxygens (including phenoxy) is 3. The summed E-state index contributed by atoms with van der Waals surface area (Å²) in [7, 11) is 0. The number of rotatable bonds is 41. The second-order valence-corrected chi connectivity index (χ2v) is 15.3. The van der Waals surface area contributed by atoms with E-state index in [1.165, 1.54) is 89.9 Å². The van der Waals surface area contributed by atoms with Crippen LogP contribution < -0.4 is 0 Å². The maximum Gasteiger partial charge on any atom is 0.309 e. The SMILES string of the molecule is CC/C=C\C/C=C\C/C=C\CCCCC(=O)OC(COC(=O)C/C=C\C/C=C\C/C=C\CC)COC(=O)CCCCCCCCC/C=C\CCCCCCCCCC. The molecule has 1 unspecified atom stereocenters. The van der Waals surface area contributed by atoms with Crippen LogP contribution in [-0.4, -0.2) is 37.2 Å². The van der Waals surface area contributed by atoms with Crippen LogP contribution in [0.25, 0.3) is 0 Å². The summed E-state index contributed by atoms with van der Waals surface area (Å²) in [5.41, 5.74) is 0. The van der Waals surface area contributed by atoms with Crippen LogP contribution in [0.15, 0.2) is 85.1 Å². The molecule has 0 heterocycles. The third-order valence-electron chi connectivity index (χ3n) is 9.65. The lowest BCUT2D eigenvalue weighted by Gasteiger charge is -2.18.